The van der Waals surface area contributed by atoms with Crippen LogP contribution in [0.5, 0.6) is 0 Å². The summed E-state index contributed by atoms with van der Waals surface area (Å²) in [6.07, 6.45) is -1.53. The second kappa shape index (κ2) is 11.9. The Morgan fingerprint density at radius 2 is 1.56 bits per heavy atom. The molecule has 4 rings (SSSR count). The summed E-state index contributed by atoms with van der Waals surface area (Å²) in [6.45, 7) is 4.45. The van der Waals surface area contributed by atoms with E-state index in [-0.39, 0.29) is 15.7 Å². The van der Waals surface area contributed by atoms with Crippen molar-refractivity contribution < 1.29 is 32.7 Å². The topological polar surface area (TPSA) is 98.7 Å². The molecule has 1 aliphatic carbocycles. The third kappa shape index (κ3) is 6.49. The van der Waals surface area contributed by atoms with E-state index < -0.39 is 79.0 Å². The summed E-state index contributed by atoms with van der Waals surface area (Å²) in [6, 6.07) is 8.10. The van der Waals surface area contributed by atoms with E-state index in [4.69, 9.17) is 58.0 Å². The lowest BCUT2D eigenvalue weighted by Gasteiger charge is -2.33. The number of halogens is 8. The zero-order chi connectivity index (χ0) is 32.2. The molecule has 15 heteroatoms. The average Bonchev–Trinajstić information content (AvgIpc) is 3.47. The summed E-state index contributed by atoms with van der Waals surface area (Å²) in [5.41, 5.74) is -2.98. The van der Waals surface area contributed by atoms with Crippen molar-refractivity contribution in [1.29, 1.82) is 0 Å². The number of benzene rings is 3. The van der Waals surface area contributed by atoms with Crippen molar-refractivity contribution in [2.45, 2.75) is 36.6 Å². The van der Waals surface area contributed by atoms with Crippen LogP contribution in [0.2, 0.25) is 15.1 Å². The zero-order valence-corrected chi connectivity index (χ0v) is 26.1. The number of rotatable bonds is 6. The first kappa shape index (κ1) is 33.0. The van der Waals surface area contributed by atoms with Gasteiger partial charge in [0.05, 0.1) is 32.2 Å². The average molecular weight is 698 g/mol. The van der Waals surface area contributed by atoms with E-state index in [1.165, 1.54) is 32.9 Å². The molecule has 2 atom stereocenters. The Bertz CT molecular complexity index is 1670. The van der Waals surface area contributed by atoms with Crippen LogP contribution >= 0.6 is 58.0 Å². The highest BCUT2D eigenvalue weighted by Crippen LogP contribution is 2.65. The number of carbonyl (C=O) groups is 3. The minimum absolute atomic E-state index is 0.220. The predicted octanol–water partition coefficient (Wildman–Crippen LogP) is 9.13. The summed E-state index contributed by atoms with van der Waals surface area (Å²) in [5, 5.41) is 13.8. The van der Waals surface area contributed by atoms with Crippen LogP contribution in [0.1, 0.15) is 42.6 Å². The Hall–Kier alpha value is -2.89. The lowest BCUT2D eigenvalue weighted by Crippen LogP contribution is -2.45. The fraction of sp³-hybridized carbons (Fsp3) is 0.250. The molecule has 0 aliphatic heterocycles. The number of anilines is 3. The highest BCUT2D eigenvalue weighted by atomic mass is 35.5. The second-order valence-electron chi connectivity index (χ2n) is 10.6. The predicted molar refractivity (Wildman–Crippen MR) is 162 cm³/mol. The standard InChI is InChI=1S/C28H21Cl5F3N3O4/c1-27(2,3)39(26(42)43)18-7-6-16(34)23(22(18)36)38-24(40)13-9-12(10-17(35)21(13)31)37-25(41)20-19(28(20,32)33)11-4-5-14(29)15(30)8-11/h4-10,19-20H,1-3H3,(H,37,41)(H,38,40)(H,42,43)/t19-,20+/m0/s1. The monoisotopic (exact) mass is 695 g/mol. The van der Waals surface area contributed by atoms with Gasteiger partial charge in [-0.3, -0.25) is 14.5 Å². The quantitative estimate of drug-likeness (QED) is 0.224. The molecule has 0 aromatic heterocycles. The minimum atomic E-state index is -1.54. The summed E-state index contributed by atoms with van der Waals surface area (Å²) < 4.78 is 43.3. The molecule has 0 radical (unpaired) electrons. The number of nitrogens with zero attached hydrogens (tertiary/aromatic N) is 1. The molecule has 0 heterocycles. The van der Waals surface area contributed by atoms with Crippen LogP contribution < -0.4 is 15.5 Å². The van der Waals surface area contributed by atoms with Gasteiger partial charge in [0.25, 0.3) is 5.91 Å². The molecule has 43 heavy (non-hydrogen) atoms. The van der Waals surface area contributed by atoms with E-state index >= 15 is 4.39 Å². The van der Waals surface area contributed by atoms with Gasteiger partial charge < -0.3 is 15.7 Å². The molecule has 3 N–H and O–H groups in total. The Labute approximate surface area is 268 Å². The lowest BCUT2D eigenvalue weighted by atomic mass is 10.0. The Kier molecular flexibility index (Phi) is 9.13. The van der Waals surface area contributed by atoms with Crippen molar-refractivity contribution in [3.63, 3.8) is 0 Å². The molecule has 3 amide bonds. The van der Waals surface area contributed by atoms with E-state index in [1.54, 1.807) is 6.07 Å². The Morgan fingerprint density at radius 1 is 0.907 bits per heavy atom. The van der Waals surface area contributed by atoms with Gasteiger partial charge in [0.2, 0.25) is 5.91 Å². The van der Waals surface area contributed by atoms with Gasteiger partial charge in [-0.2, -0.15) is 0 Å². The van der Waals surface area contributed by atoms with Crippen LogP contribution in [0, 0.1) is 23.4 Å². The molecule has 3 aromatic rings. The summed E-state index contributed by atoms with van der Waals surface area (Å²) in [4.78, 5) is 38.6. The smallest absolute Gasteiger partial charge is 0.412 e. The lowest BCUT2D eigenvalue weighted by molar-refractivity contribution is -0.117. The van der Waals surface area contributed by atoms with Crippen molar-refractivity contribution >= 4 is 93.0 Å². The molecule has 3 aromatic carbocycles. The van der Waals surface area contributed by atoms with E-state index in [1.807, 2.05) is 5.32 Å². The highest BCUT2D eigenvalue weighted by Gasteiger charge is 2.67. The van der Waals surface area contributed by atoms with Crippen molar-refractivity contribution in [1.82, 2.24) is 0 Å². The molecule has 0 spiro atoms. The van der Waals surface area contributed by atoms with Gasteiger partial charge in [-0.05, 0) is 62.7 Å². The van der Waals surface area contributed by atoms with Gasteiger partial charge in [0, 0.05) is 17.1 Å². The van der Waals surface area contributed by atoms with Crippen molar-refractivity contribution in [3.05, 3.63) is 86.1 Å². The fourth-order valence-electron chi connectivity index (χ4n) is 4.58. The van der Waals surface area contributed by atoms with Gasteiger partial charge in [-0.1, -0.05) is 40.9 Å². The number of hydrogen-bond acceptors (Lipinski definition) is 3. The normalized spacial score (nSPS) is 17.3. The fourth-order valence-corrected chi connectivity index (χ4v) is 5.91. The molecule has 0 bridgehead atoms. The Morgan fingerprint density at radius 3 is 2.14 bits per heavy atom. The summed E-state index contributed by atoms with van der Waals surface area (Å²) in [5.74, 6) is -7.44. The van der Waals surface area contributed by atoms with Gasteiger partial charge in [-0.25, -0.2) is 18.0 Å². The van der Waals surface area contributed by atoms with Crippen LogP contribution in [0.15, 0.2) is 42.5 Å². The number of carbonyl (C=O) groups excluding carboxylic acids is 2. The number of nitrogens with one attached hydrogen (secondary N) is 2. The van der Waals surface area contributed by atoms with Gasteiger partial charge in [0.1, 0.15) is 21.7 Å². The number of hydrogen-bond donors (Lipinski definition) is 3. The molecule has 228 valence electrons. The molecular weight excluding hydrogens is 677 g/mol. The summed E-state index contributed by atoms with van der Waals surface area (Å²) >= 11 is 30.7. The first-order chi connectivity index (χ1) is 19.9. The maximum Gasteiger partial charge on any atom is 0.412 e. The highest BCUT2D eigenvalue weighted by molar-refractivity contribution is 6.53. The van der Waals surface area contributed by atoms with Crippen LogP contribution in [-0.4, -0.2) is 32.9 Å². The van der Waals surface area contributed by atoms with Crippen molar-refractivity contribution in [3.8, 4) is 0 Å². The third-order valence-corrected chi connectivity index (χ3v) is 8.65. The minimum Gasteiger partial charge on any atom is -0.465 e. The SMILES string of the molecule is CC(C)(C)N(C(=O)O)c1ccc(F)c(NC(=O)c2cc(NC(=O)[C@H]3[C@H](c4ccc(Cl)c(Cl)c4)C3(Cl)Cl)cc(F)c2Cl)c1F. The maximum absolute atomic E-state index is 15.4. The van der Waals surface area contributed by atoms with E-state index in [9.17, 15) is 28.3 Å². The second-order valence-corrected chi connectivity index (χ2v) is 13.2. The molecule has 1 aliphatic rings. The van der Waals surface area contributed by atoms with Gasteiger partial charge in [-0.15, -0.1) is 23.2 Å². The van der Waals surface area contributed by atoms with Crippen LogP contribution in [0.25, 0.3) is 0 Å². The van der Waals surface area contributed by atoms with E-state index in [2.05, 4.69) is 5.32 Å². The zero-order valence-electron chi connectivity index (χ0n) is 22.3. The Balaban J connectivity index is 1.61. The van der Waals surface area contributed by atoms with Crippen LogP contribution in [0.3, 0.4) is 0 Å². The number of carboxylic acid groups (broad SMARTS) is 1. The van der Waals surface area contributed by atoms with E-state index in [0.29, 0.717) is 10.5 Å². The molecule has 0 saturated heterocycles. The van der Waals surface area contributed by atoms with Crippen LogP contribution in [0.4, 0.5) is 35.0 Å². The summed E-state index contributed by atoms with van der Waals surface area (Å²) in [7, 11) is 0. The first-order valence-electron chi connectivity index (χ1n) is 12.3. The third-order valence-electron chi connectivity index (χ3n) is 6.59. The van der Waals surface area contributed by atoms with Crippen molar-refractivity contribution in [2.75, 3.05) is 15.5 Å². The van der Waals surface area contributed by atoms with Gasteiger partial charge >= 0.3 is 6.09 Å². The van der Waals surface area contributed by atoms with Gasteiger partial charge in [0.15, 0.2) is 5.82 Å². The maximum atomic E-state index is 15.4. The molecule has 0 unspecified atom stereocenters. The van der Waals surface area contributed by atoms with E-state index in [0.717, 1.165) is 24.3 Å². The number of alkyl halides is 2. The molecule has 1 fully saturated rings. The first-order valence-corrected chi connectivity index (χ1v) is 14.2. The molecule has 1 saturated carbocycles. The molecular formula is C28H21Cl5F3N3O4. The largest absolute Gasteiger partial charge is 0.465 e. The van der Waals surface area contributed by atoms with Crippen molar-refractivity contribution in [2.24, 2.45) is 5.92 Å². The number of amides is 3. The molecule has 7 nitrogen and oxygen atoms in total. The van der Waals surface area contributed by atoms with Crippen LogP contribution in [-0.2, 0) is 4.79 Å².